The van der Waals surface area contributed by atoms with Crippen LogP contribution >= 0.6 is 0 Å². The summed E-state index contributed by atoms with van der Waals surface area (Å²) in [5, 5.41) is 0. The Balaban J connectivity index is 2.22. The lowest BCUT2D eigenvalue weighted by atomic mass is 9.52. The van der Waals surface area contributed by atoms with E-state index in [0.29, 0.717) is 23.3 Å². The lowest BCUT2D eigenvalue weighted by Crippen LogP contribution is -2.55. The second kappa shape index (κ2) is 5.05. The summed E-state index contributed by atoms with van der Waals surface area (Å²) < 4.78 is 0. The molecular formula is C17H27N. The molecule has 2 atom stereocenters. The zero-order chi connectivity index (χ0) is 13.3. The van der Waals surface area contributed by atoms with Gasteiger partial charge in [0.2, 0.25) is 0 Å². The molecule has 1 heteroatoms. The lowest BCUT2D eigenvalue weighted by Gasteiger charge is -2.55. The van der Waals surface area contributed by atoms with Crippen molar-refractivity contribution in [3.63, 3.8) is 0 Å². The summed E-state index contributed by atoms with van der Waals surface area (Å²) >= 11 is 0. The topological polar surface area (TPSA) is 26.0 Å². The molecule has 2 N–H and O–H groups in total. The van der Waals surface area contributed by atoms with Gasteiger partial charge in [-0.25, -0.2) is 0 Å². The van der Waals surface area contributed by atoms with Crippen molar-refractivity contribution in [2.45, 2.75) is 64.8 Å². The highest BCUT2D eigenvalue weighted by atomic mass is 14.8. The van der Waals surface area contributed by atoms with Gasteiger partial charge < -0.3 is 5.73 Å². The third-order valence-corrected chi connectivity index (χ3v) is 5.24. The van der Waals surface area contributed by atoms with Crippen LogP contribution in [0.2, 0.25) is 0 Å². The minimum Gasteiger partial charge on any atom is -0.327 e. The van der Waals surface area contributed by atoms with Gasteiger partial charge >= 0.3 is 0 Å². The Morgan fingerprint density at radius 3 is 2.11 bits per heavy atom. The predicted octanol–water partition coefficient (Wildman–Crippen LogP) is 4.43. The molecule has 0 aromatic heterocycles. The van der Waals surface area contributed by atoms with Gasteiger partial charge in [0.15, 0.2) is 0 Å². The molecule has 1 saturated carbocycles. The zero-order valence-corrected chi connectivity index (χ0v) is 12.2. The summed E-state index contributed by atoms with van der Waals surface area (Å²) in [6.45, 7) is 9.07. The fourth-order valence-electron chi connectivity index (χ4n) is 3.67. The van der Waals surface area contributed by atoms with Crippen LogP contribution in [0, 0.1) is 5.41 Å². The maximum atomic E-state index is 6.28. The summed E-state index contributed by atoms with van der Waals surface area (Å²) in [5.74, 6) is 1.29. The molecule has 100 valence electrons. The summed E-state index contributed by atoms with van der Waals surface area (Å²) in [4.78, 5) is 0. The van der Waals surface area contributed by atoms with Gasteiger partial charge in [-0.3, -0.25) is 0 Å². The van der Waals surface area contributed by atoms with Crippen LogP contribution in [0.25, 0.3) is 0 Å². The minimum absolute atomic E-state index is 0.347. The highest BCUT2D eigenvalue weighted by molar-refractivity contribution is 5.32. The van der Waals surface area contributed by atoms with Crippen LogP contribution in [0.15, 0.2) is 24.3 Å². The van der Waals surface area contributed by atoms with E-state index in [2.05, 4.69) is 52.0 Å². The first-order valence-corrected chi connectivity index (χ1v) is 7.40. The SMILES string of the molecule is CCC1(CC)C(N)CC1c1ccc(C(C)C)cc1. The summed E-state index contributed by atoms with van der Waals surface area (Å²) in [6.07, 6.45) is 3.55. The number of rotatable bonds is 4. The Labute approximate surface area is 112 Å². The molecule has 1 aliphatic rings. The fourth-order valence-corrected chi connectivity index (χ4v) is 3.67. The zero-order valence-electron chi connectivity index (χ0n) is 12.2. The third kappa shape index (κ3) is 1.99. The van der Waals surface area contributed by atoms with Crippen LogP contribution < -0.4 is 5.73 Å². The molecule has 0 amide bonds. The molecule has 1 aromatic rings. The Morgan fingerprint density at radius 1 is 1.17 bits per heavy atom. The van der Waals surface area contributed by atoms with Crippen molar-refractivity contribution in [2.24, 2.45) is 11.1 Å². The molecule has 18 heavy (non-hydrogen) atoms. The molecule has 1 nitrogen and oxygen atoms in total. The molecular weight excluding hydrogens is 218 g/mol. The van der Waals surface area contributed by atoms with E-state index < -0.39 is 0 Å². The van der Waals surface area contributed by atoms with Gasteiger partial charge in [0.1, 0.15) is 0 Å². The van der Waals surface area contributed by atoms with Gasteiger partial charge in [-0.1, -0.05) is 52.0 Å². The molecule has 2 rings (SSSR count). The summed E-state index contributed by atoms with van der Waals surface area (Å²) in [6, 6.07) is 9.62. The smallest absolute Gasteiger partial charge is 0.0107 e. The molecule has 0 bridgehead atoms. The largest absolute Gasteiger partial charge is 0.327 e. The number of hydrogen-bond donors (Lipinski definition) is 1. The van der Waals surface area contributed by atoms with Gasteiger partial charge in [-0.2, -0.15) is 0 Å². The highest BCUT2D eigenvalue weighted by Crippen LogP contribution is 2.56. The van der Waals surface area contributed by atoms with E-state index in [4.69, 9.17) is 5.73 Å². The van der Waals surface area contributed by atoms with Gasteiger partial charge in [0.05, 0.1) is 0 Å². The molecule has 1 aromatic carbocycles. The number of nitrogens with two attached hydrogens (primary N) is 1. The third-order valence-electron chi connectivity index (χ3n) is 5.24. The van der Waals surface area contributed by atoms with E-state index in [1.54, 1.807) is 0 Å². The molecule has 0 saturated heterocycles. The lowest BCUT2D eigenvalue weighted by molar-refractivity contribution is 0.0438. The maximum absolute atomic E-state index is 6.28. The fraction of sp³-hybridized carbons (Fsp3) is 0.647. The van der Waals surface area contributed by atoms with Crippen molar-refractivity contribution in [1.29, 1.82) is 0 Å². The van der Waals surface area contributed by atoms with E-state index in [1.165, 1.54) is 24.0 Å². The molecule has 1 fully saturated rings. The second-order valence-corrected chi connectivity index (χ2v) is 6.16. The normalized spacial score (nSPS) is 26.1. The van der Waals surface area contributed by atoms with Gasteiger partial charge in [0.25, 0.3) is 0 Å². The number of benzene rings is 1. The first-order valence-electron chi connectivity index (χ1n) is 7.40. The van der Waals surface area contributed by atoms with Crippen LogP contribution in [0.4, 0.5) is 0 Å². The van der Waals surface area contributed by atoms with Crippen LogP contribution in [-0.4, -0.2) is 6.04 Å². The Hall–Kier alpha value is -0.820. The molecule has 0 heterocycles. The van der Waals surface area contributed by atoms with Crippen molar-refractivity contribution in [3.05, 3.63) is 35.4 Å². The first-order chi connectivity index (χ1) is 8.55. The van der Waals surface area contributed by atoms with Crippen LogP contribution in [0.3, 0.4) is 0 Å². The van der Waals surface area contributed by atoms with E-state index in [-0.39, 0.29) is 0 Å². The number of hydrogen-bond acceptors (Lipinski definition) is 1. The average molecular weight is 245 g/mol. The highest BCUT2D eigenvalue weighted by Gasteiger charge is 2.50. The predicted molar refractivity (Wildman–Crippen MR) is 78.9 cm³/mol. The Bertz CT molecular complexity index is 387. The standard InChI is InChI=1S/C17H27N/c1-5-17(6-2)15(11-16(17)18)14-9-7-13(8-10-14)12(3)4/h7-10,12,15-16H,5-6,11,18H2,1-4H3. The molecule has 0 radical (unpaired) electrons. The van der Waals surface area contributed by atoms with E-state index in [9.17, 15) is 0 Å². The van der Waals surface area contributed by atoms with E-state index in [1.807, 2.05) is 0 Å². The van der Waals surface area contributed by atoms with E-state index in [0.717, 1.165) is 6.42 Å². The van der Waals surface area contributed by atoms with Crippen molar-refractivity contribution < 1.29 is 0 Å². The minimum atomic E-state index is 0.347. The van der Waals surface area contributed by atoms with Crippen molar-refractivity contribution in [2.75, 3.05) is 0 Å². The van der Waals surface area contributed by atoms with Crippen molar-refractivity contribution in [3.8, 4) is 0 Å². The molecule has 0 spiro atoms. The Kier molecular flexibility index (Phi) is 3.82. The van der Waals surface area contributed by atoms with Crippen LogP contribution in [0.1, 0.15) is 69.9 Å². The average Bonchev–Trinajstić information content (AvgIpc) is 2.37. The van der Waals surface area contributed by atoms with Gasteiger partial charge in [-0.05, 0) is 47.6 Å². The first kappa shape index (κ1) is 13.6. The van der Waals surface area contributed by atoms with Crippen molar-refractivity contribution in [1.82, 2.24) is 0 Å². The second-order valence-electron chi connectivity index (χ2n) is 6.16. The van der Waals surface area contributed by atoms with Crippen LogP contribution in [0.5, 0.6) is 0 Å². The van der Waals surface area contributed by atoms with Gasteiger partial charge in [0, 0.05) is 6.04 Å². The molecule has 2 unspecified atom stereocenters. The van der Waals surface area contributed by atoms with E-state index >= 15 is 0 Å². The quantitative estimate of drug-likeness (QED) is 0.834. The summed E-state index contributed by atoms with van der Waals surface area (Å²) in [7, 11) is 0. The van der Waals surface area contributed by atoms with Crippen LogP contribution in [-0.2, 0) is 0 Å². The van der Waals surface area contributed by atoms with Gasteiger partial charge in [-0.15, -0.1) is 0 Å². The summed E-state index contributed by atoms with van der Waals surface area (Å²) in [5.41, 5.74) is 9.55. The maximum Gasteiger partial charge on any atom is 0.0107 e. The monoisotopic (exact) mass is 245 g/mol. The molecule has 1 aliphatic carbocycles. The molecule has 0 aliphatic heterocycles. The Morgan fingerprint density at radius 2 is 1.72 bits per heavy atom. The van der Waals surface area contributed by atoms with Crippen molar-refractivity contribution >= 4 is 0 Å².